The zero-order valence-corrected chi connectivity index (χ0v) is 11.0. The van der Waals surface area contributed by atoms with Crippen LogP contribution in [0.4, 0.5) is 0 Å². The minimum absolute atomic E-state index is 0.432. The number of likely N-dealkylation sites (N-methyl/N-ethyl adjacent to an activating group) is 1. The molecule has 0 amide bonds. The van der Waals surface area contributed by atoms with Crippen LogP contribution in [-0.4, -0.2) is 41.5 Å². The van der Waals surface area contributed by atoms with E-state index in [9.17, 15) is 0 Å². The fraction of sp³-hybridized carbons (Fsp3) is 0.500. The molecule has 3 rings (SSSR count). The van der Waals surface area contributed by atoms with Crippen LogP contribution < -0.4 is 5.32 Å². The van der Waals surface area contributed by atoms with Gasteiger partial charge in [0.05, 0.1) is 11.0 Å². The van der Waals surface area contributed by atoms with E-state index < -0.39 is 0 Å². The summed E-state index contributed by atoms with van der Waals surface area (Å²) in [6.45, 7) is 5.38. The number of hydrogen-bond acceptors (Lipinski definition) is 3. The van der Waals surface area contributed by atoms with Gasteiger partial charge in [0.15, 0.2) is 0 Å². The summed E-state index contributed by atoms with van der Waals surface area (Å²) >= 11 is 0. The van der Waals surface area contributed by atoms with Gasteiger partial charge in [-0.2, -0.15) is 0 Å². The number of aromatic amines is 1. The van der Waals surface area contributed by atoms with Crippen LogP contribution in [-0.2, 0) is 6.42 Å². The SMILES string of the molecule is CCc1nc2ccc(C3CN(C)CCN3)cc2[nH]1. The van der Waals surface area contributed by atoms with Gasteiger partial charge >= 0.3 is 0 Å². The molecule has 1 aliphatic rings. The van der Waals surface area contributed by atoms with Crippen LogP contribution in [0.2, 0.25) is 0 Å². The lowest BCUT2D eigenvalue weighted by atomic mass is 10.0. The molecule has 0 bridgehead atoms. The second-order valence-electron chi connectivity index (χ2n) is 5.08. The molecule has 0 saturated carbocycles. The minimum atomic E-state index is 0.432. The standard InChI is InChI=1S/C14H20N4/c1-3-14-16-11-5-4-10(8-12(11)17-14)13-9-18(2)7-6-15-13/h4-5,8,13,15H,3,6-7,9H2,1-2H3,(H,16,17). The highest BCUT2D eigenvalue weighted by atomic mass is 15.2. The molecule has 1 aromatic heterocycles. The molecular weight excluding hydrogens is 224 g/mol. The summed E-state index contributed by atoms with van der Waals surface area (Å²) < 4.78 is 0. The van der Waals surface area contributed by atoms with Crippen molar-refractivity contribution in [3.8, 4) is 0 Å². The van der Waals surface area contributed by atoms with Gasteiger partial charge in [-0.05, 0) is 24.7 Å². The molecule has 1 aromatic carbocycles. The van der Waals surface area contributed by atoms with Gasteiger partial charge in [0.2, 0.25) is 0 Å². The number of nitrogens with zero attached hydrogens (tertiary/aromatic N) is 2. The van der Waals surface area contributed by atoms with Crippen molar-refractivity contribution < 1.29 is 0 Å². The van der Waals surface area contributed by atoms with Crippen molar-refractivity contribution in [2.75, 3.05) is 26.7 Å². The largest absolute Gasteiger partial charge is 0.342 e. The average molecular weight is 244 g/mol. The smallest absolute Gasteiger partial charge is 0.106 e. The molecule has 1 saturated heterocycles. The van der Waals surface area contributed by atoms with Gasteiger partial charge in [0.1, 0.15) is 5.82 Å². The second kappa shape index (κ2) is 4.71. The molecule has 2 heterocycles. The first kappa shape index (κ1) is 11.7. The zero-order chi connectivity index (χ0) is 12.5. The maximum Gasteiger partial charge on any atom is 0.106 e. The number of imidazole rings is 1. The highest BCUT2D eigenvalue weighted by Gasteiger charge is 2.18. The van der Waals surface area contributed by atoms with Gasteiger partial charge in [0, 0.05) is 32.1 Å². The van der Waals surface area contributed by atoms with Crippen LogP contribution in [0.25, 0.3) is 11.0 Å². The van der Waals surface area contributed by atoms with Crippen molar-refractivity contribution in [2.45, 2.75) is 19.4 Å². The van der Waals surface area contributed by atoms with Crippen LogP contribution in [0, 0.1) is 0 Å². The zero-order valence-electron chi connectivity index (χ0n) is 11.0. The van der Waals surface area contributed by atoms with E-state index >= 15 is 0 Å². The lowest BCUT2D eigenvalue weighted by molar-refractivity contribution is 0.241. The Morgan fingerprint density at radius 2 is 2.33 bits per heavy atom. The normalized spacial score (nSPS) is 21.6. The third-order valence-corrected chi connectivity index (χ3v) is 3.67. The third kappa shape index (κ3) is 2.13. The van der Waals surface area contributed by atoms with Crippen molar-refractivity contribution in [2.24, 2.45) is 0 Å². The van der Waals surface area contributed by atoms with E-state index in [1.807, 2.05) is 0 Å². The van der Waals surface area contributed by atoms with Crippen LogP contribution in [0.5, 0.6) is 0 Å². The Hall–Kier alpha value is -1.39. The van der Waals surface area contributed by atoms with Crippen molar-refractivity contribution in [1.82, 2.24) is 20.2 Å². The molecule has 1 aliphatic heterocycles. The lowest BCUT2D eigenvalue weighted by Crippen LogP contribution is -2.43. The topological polar surface area (TPSA) is 44.0 Å². The molecule has 1 fully saturated rings. The first-order chi connectivity index (χ1) is 8.76. The van der Waals surface area contributed by atoms with Gasteiger partial charge < -0.3 is 15.2 Å². The molecule has 4 heteroatoms. The number of nitrogens with one attached hydrogen (secondary N) is 2. The molecule has 1 atom stereocenters. The first-order valence-electron chi connectivity index (χ1n) is 6.66. The molecule has 2 N–H and O–H groups in total. The highest BCUT2D eigenvalue weighted by molar-refractivity contribution is 5.76. The Morgan fingerprint density at radius 1 is 1.44 bits per heavy atom. The Balaban J connectivity index is 1.92. The molecule has 96 valence electrons. The number of aromatic nitrogens is 2. The molecule has 0 radical (unpaired) electrons. The summed E-state index contributed by atoms with van der Waals surface area (Å²) in [5.41, 5.74) is 3.57. The number of fused-ring (bicyclic) bond motifs is 1. The van der Waals surface area contributed by atoms with E-state index in [2.05, 4.69) is 52.4 Å². The molecule has 1 unspecified atom stereocenters. The van der Waals surface area contributed by atoms with E-state index in [0.717, 1.165) is 42.9 Å². The molecule has 2 aromatic rings. The maximum atomic E-state index is 4.55. The Kier molecular flexibility index (Phi) is 3.06. The fourth-order valence-corrected chi connectivity index (χ4v) is 2.58. The van der Waals surface area contributed by atoms with Crippen LogP contribution >= 0.6 is 0 Å². The van der Waals surface area contributed by atoms with Gasteiger partial charge in [-0.3, -0.25) is 0 Å². The quantitative estimate of drug-likeness (QED) is 0.845. The summed E-state index contributed by atoms with van der Waals surface area (Å²) in [6.07, 6.45) is 0.953. The first-order valence-corrected chi connectivity index (χ1v) is 6.66. The fourth-order valence-electron chi connectivity index (χ4n) is 2.58. The van der Waals surface area contributed by atoms with E-state index in [1.165, 1.54) is 5.56 Å². The number of rotatable bonds is 2. The Morgan fingerprint density at radius 3 is 3.11 bits per heavy atom. The monoisotopic (exact) mass is 244 g/mol. The highest BCUT2D eigenvalue weighted by Crippen LogP contribution is 2.21. The molecule has 18 heavy (non-hydrogen) atoms. The number of H-pyrrole nitrogens is 1. The van der Waals surface area contributed by atoms with Gasteiger partial charge in [-0.1, -0.05) is 13.0 Å². The van der Waals surface area contributed by atoms with Crippen molar-refractivity contribution in [3.05, 3.63) is 29.6 Å². The molecule has 0 aliphatic carbocycles. The van der Waals surface area contributed by atoms with Crippen LogP contribution in [0.3, 0.4) is 0 Å². The van der Waals surface area contributed by atoms with Gasteiger partial charge in [-0.25, -0.2) is 4.98 Å². The minimum Gasteiger partial charge on any atom is -0.342 e. The Bertz CT molecular complexity index is 546. The number of aryl methyl sites for hydroxylation is 1. The number of piperazine rings is 1. The number of benzene rings is 1. The average Bonchev–Trinajstić information content (AvgIpc) is 2.80. The molecule has 4 nitrogen and oxygen atoms in total. The summed E-state index contributed by atoms with van der Waals surface area (Å²) in [5, 5.41) is 3.58. The van der Waals surface area contributed by atoms with E-state index in [-0.39, 0.29) is 0 Å². The van der Waals surface area contributed by atoms with Crippen LogP contribution in [0.1, 0.15) is 24.4 Å². The molecular formula is C14H20N4. The van der Waals surface area contributed by atoms with Crippen LogP contribution in [0.15, 0.2) is 18.2 Å². The number of hydrogen-bond donors (Lipinski definition) is 2. The van der Waals surface area contributed by atoms with Gasteiger partial charge in [0.25, 0.3) is 0 Å². The van der Waals surface area contributed by atoms with E-state index in [1.54, 1.807) is 0 Å². The lowest BCUT2D eigenvalue weighted by Gasteiger charge is -2.31. The third-order valence-electron chi connectivity index (χ3n) is 3.67. The van der Waals surface area contributed by atoms with E-state index in [4.69, 9.17) is 0 Å². The summed E-state index contributed by atoms with van der Waals surface area (Å²) in [7, 11) is 2.18. The van der Waals surface area contributed by atoms with Crippen molar-refractivity contribution in [3.63, 3.8) is 0 Å². The second-order valence-corrected chi connectivity index (χ2v) is 5.08. The maximum absolute atomic E-state index is 4.55. The molecule has 0 spiro atoms. The van der Waals surface area contributed by atoms with Gasteiger partial charge in [-0.15, -0.1) is 0 Å². The van der Waals surface area contributed by atoms with Crippen molar-refractivity contribution in [1.29, 1.82) is 0 Å². The summed E-state index contributed by atoms with van der Waals surface area (Å²) in [4.78, 5) is 10.3. The summed E-state index contributed by atoms with van der Waals surface area (Å²) in [6, 6.07) is 6.98. The predicted molar refractivity (Wildman–Crippen MR) is 73.7 cm³/mol. The summed E-state index contributed by atoms with van der Waals surface area (Å²) in [5.74, 6) is 1.07. The predicted octanol–water partition coefficient (Wildman–Crippen LogP) is 1.70. The van der Waals surface area contributed by atoms with Crippen molar-refractivity contribution >= 4 is 11.0 Å². The van der Waals surface area contributed by atoms with E-state index in [0.29, 0.717) is 6.04 Å². The Labute approximate surface area is 107 Å².